The van der Waals surface area contributed by atoms with Gasteiger partial charge in [-0.15, -0.1) is 0 Å². The molecule has 0 unspecified atom stereocenters. The highest BCUT2D eigenvalue weighted by atomic mass is 16.4. The van der Waals surface area contributed by atoms with Crippen molar-refractivity contribution in [2.75, 3.05) is 6.54 Å². The molecule has 0 heterocycles. The summed E-state index contributed by atoms with van der Waals surface area (Å²) in [5.41, 5.74) is 0. The van der Waals surface area contributed by atoms with Crippen LogP contribution in [0, 0.1) is 5.92 Å². The van der Waals surface area contributed by atoms with E-state index >= 15 is 0 Å². The third-order valence-corrected chi connectivity index (χ3v) is 4.31. The molecule has 0 spiro atoms. The van der Waals surface area contributed by atoms with Crippen molar-refractivity contribution in [3.8, 4) is 0 Å². The van der Waals surface area contributed by atoms with Crippen LogP contribution >= 0.6 is 0 Å². The Bertz CT molecular complexity index is 317. The second kappa shape index (κ2) is 6.92. The number of carboxylic acids is 1. The van der Waals surface area contributed by atoms with Gasteiger partial charge in [-0.25, -0.2) is 0 Å². The van der Waals surface area contributed by atoms with Crippen molar-refractivity contribution in [3.63, 3.8) is 0 Å². The molecule has 0 aromatic rings. The molecule has 0 aliphatic heterocycles. The van der Waals surface area contributed by atoms with Crippen molar-refractivity contribution in [3.05, 3.63) is 0 Å². The van der Waals surface area contributed by atoms with Crippen molar-refractivity contribution in [2.45, 2.75) is 70.3 Å². The summed E-state index contributed by atoms with van der Waals surface area (Å²) in [5, 5.41) is 8.77. The van der Waals surface area contributed by atoms with Crippen LogP contribution in [0.1, 0.15) is 64.2 Å². The van der Waals surface area contributed by atoms with E-state index in [-0.39, 0.29) is 12.3 Å². The highest BCUT2D eigenvalue weighted by Crippen LogP contribution is 2.30. The molecule has 0 aromatic carbocycles. The molecular weight excluding hydrogens is 242 g/mol. The van der Waals surface area contributed by atoms with E-state index in [4.69, 9.17) is 5.11 Å². The van der Waals surface area contributed by atoms with Crippen LogP contribution in [-0.2, 0) is 9.59 Å². The van der Waals surface area contributed by atoms with E-state index in [1.807, 2.05) is 4.90 Å². The fraction of sp³-hybridized carbons (Fsp3) is 0.867. The van der Waals surface area contributed by atoms with E-state index in [1.54, 1.807) is 0 Å². The minimum Gasteiger partial charge on any atom is -0.481 e. The Morgan fingerprint density at radius 3 is 2.16 bits per heavy atom. The van der Waals surface area contributed by atoms with Crippen LogP contribution in [-0.4, -0.2) is 34.5 Å². The van der Waals surface area contributed by atoms with Crippen LogP contribution in [0.4, 0.5) is 0 Å². The fourth-order valence-electron chi connectivity index (χ4n) is 3.05. The second-order valence-electron chi connectivity index (χ2n) is 6.02. The van der Waals surface area contributed by atoms with Crippen LogP contribution in [0.2, 0.25) is 0 Å². The van der Waals surface area contributed by atoms with Gasteiger partial charge in [0.1, 0.15) is 0 Å². The number of aliphatic carboxylic acids is 1. The summed E-state index contributed by atoms with van der Waals surface area (Å²) < 4.78 is 0. The molecule has 0 bridgehead atoms. The molecule has 1 N–H and O–H groups in total. The van der Waals surface area contributed by atoms with Gasteiger partial charge in [0.15, 0.2) is 0 Å². The molecule has 0 saturated heterocycles. The first-order chi connectivity index (χ1) is 9.16. The lowest BCUT2D eigenvalue weighted by atomic mass is 9.96. The van der Waals surface area contributed by atoms with E-state index in [0.29, 0.717) is 24.9 Å². The number of carboxylic acid groups (broad SMARTS) is 1. The SMILES string of the molecule is O=C(O)CCN(C(=O)CC1CCCCCC1)C1CC1. The number of hydrogen-bond donors (Lipinski definition) is 1. The van der Waals surface area contributed by atoms with Gasteiger partial charge in [-0.05, 0) is 31.6 Å². The van der Waals surface area contributed by atoms with Crippen molar-refractivity contribution in [1.29, 1.82) is 0 Å². The molecule has 2 saturated carbocycles. The first-order valence-corrected chi connectivity index (χ1v) is 7.68. The molecule has 2 aliphatic rings. The van der Waals surface area contributed by atoms with Crippen LogP contribution in [0.5, 0.6) is 0 Å². The fourth-order valence-corrected chi connectivity index (χ4v) is 3.05. The third-order valence-electron chi connectivity index (χ3n) is 4.31. The number of carbonyl (C=O) groups excluding carboxylic acids is 1. The van der Waals surface area contributed by atoms with Gasteiger partial charge in [-0.2, -0.15) is 0 Å². The van der Waals surface area contributed by atoms with Gasteiger partial charge in [0.2, 0.25) is 5.91 Å². The average Bonchev–Trinajstić information content (AvgIpc) is 3.16. The number of hydrogen-bond acceptors (Lipinski definition) is 2. The van der Waals surface area contributed by atoms with E-state index in [2.05, 4.69) is 0 Å². The zero-order valence-corrected chi connectivity index (χ0v) is 11.6. The van der Waals surface area contributed by atoms with E-state index in [1.165, 1.54) is 38.5 Å². The molecular formula is C15H25NO3. The van der Waals surface area contributed by atoms with Gasteiger partial charge in [0, 0.05) is 19.0 Å². The molecule has 0 atom stereocenters. The molecule has 108 valence electrons. The smallest absolute Gasteiger partial charge is 0.305 e. The standard InChI is InChI=1S/C15H25NO3/c17-14(11-12-5-3-1-2-4-6-12)16(13-7-8-13)10-9-15(18)19/h12-13H,1-11H2,(H,18,19). The lowest BCUT2D eigenvalue weighted by Gasteiger charge is -2.24. The Kier molecular flexibility index (Phi) is 5.23. The van der Waals surface area contributed by atoms with Crippen LogP contribution in [0.3, 0.4) is 0 Å². The van der Waals surface area contributed by atoms with Crippen molar-refractivity contribution < 1.29 is 14.7 Å². The largest absolute Gasteiger partial charge is 0.481 e. The minimum atomic E-state index is -0.812. The summed E-state index contributed by atoms with van der Waals surface area (Å²) >= 11 is 0. The first kappa shape index (κ1) is 14.4. The van der Waals surface area contributed by atoms with Gasteiger partial charge in [0.05, 0.1) is 6.42 Å². The van der Waals surface area contributed by atoms with E-state index in [0.717, 1.165) is 12.8 Å². The van der Waals surface area contributed by atoms with Gasteiger partial charge in [0.25, 0.3) is 0 Å². The maximum Gasteiger partial charge on any atom is 0.305 e. The molecule has 4 nitrogen and oxygen atoms in total. The topological polar surface area (TPSA) is 57.6 Å². The van der Waals surface area contributed by atoms with E-state index < -0.39 is 5.97 Å². The monoisotopic (exact) mass is 267 g/mol. The van der Waals surface area contributed by atoms with Gasteiger partial charge in [-0.3, -0.25) is 9.59 Å². The Morgan fingerprint density at radius 2 is 1.63 bits per heavy atom. The highest BCUT2D eigenvalue weighted by molar-refractivity contribution is 5.78. The molecule has 19 heavy (non-hydrogen) atoms. The molecule has 4 heteroatoms. The Morgan fingerprint density at radius 1 is 1.00 bits per heavy atom. The highest BCUT2D eigenvalue weighted by Gasteiger charge is 2.33. The predicted octanol–water partition coefficient (Wildman–Crippen LogP) is 2.81. The number of nitrogens with zero attached hydrogens (tertiary/aromatic N) is 1. The first-order valence-electron chi connectivity index (χ1n) is 7.68. The van der Waals surface area contributed by atoms with Crippen LogP contribution in [0.25, 0.3) is 0 Å². The van der Waals surface area contributed by atoms with Crippen LogP contribution in [0.15, 0.2) is 0 Å². The molecule has 2 rings (SSSR count). The van der Waals surface area contributed by atoms with E-state index in [9.17, 15) is 9.59 Å². The van der Waals surface area contributed by atoms with Crippen molar-refractivity contribution in [1.82, 2.24) is 4.90 Å². The molecule has 2 fully saturated rings. The summed E-state index contributed by atoms with van der Waals surface area (Å²) in [6, 6.07) is 0.331. The number of rotatable bonds is 6. The third kappa shape index (κ3) is 4.84. The zero-order chi connectivity index (χ0) is 13.7. The average molecular weight is 267 g/mol. The normalized spacial score (nSPS) is 20.8. The Labute approximate surface area is 115 Å². The molecule has 1 amide bonds. The van der Waals surface area contributed by atoms with Crippen molar-refractivity contribution >= 4 is 11.9 Å². The number of carbonyl (C=O) groups is 2. The van der Waals surface area contributed by atoms with Crippen LogP contribution < -0.4 is 0 Å². The molecule has 0 aromatic heterocycles. The second-order valence-corrected chi connectivity index (χ2v) is 6.02. The predicted molar refractivity (Wildman–Crippen MR) is 72.8 cm³/mol. The summed E-state index contributed by atoms with van der Waals surface area (Å²) in [4.78, 5) is 24.8. The lowest BCUT2D eigenvalue weighted by molar-refractivity contribution is -0.139. The minimum absolute atomic E-state index is 0.0763. The maximum atomic E-state index is 12.4. The zero-order valence-electron chi connectivity index (χ0n) is 11.6. The van der Waals surface area contributed by atoms with Crippen molar-refractivity contribution in [2.24, 2.45) is 5.92 Å². The summed E-state index contributed by atoms with van der Waals surface area (Å²) in [6.45, 7) is 0.394. The van der Waals surface area contributed by atoms with Gasteiger partial charge >= 0.3 is 5.97 Å². The Hall–Kier alpha value is -1.06. The number of amides is 1. The maximum absolute atomic E-state index is 12.4. The summed E-state index contributed by atoms with van der Waals surface area (Å²) in [6.07, 6.45) is 10.3. The Balaban J connectivity index is 1.82. The van der Waals surface area contributed by atoms with Gasteiger partial charge < -0.3 is 10.0 Å². The lowest BCUT2D eigenvalue weighted by Crippen LogP contribution is -2.36. The summed E-state index contributed by atoms with van der Waals surface area (Å²) in [7, 11) is 0. The molecule has 0 radical (unpaired) electrons. The summed E-state index contributed by atoms with van der Waals surface area (Å²) in [5.74, 6) is -0.0929. The molecule has 2 aliphatic carbocycles. The van der Waals surface area contributed by atoms with Gasteiger partial charge in [-0.1, -0.05) is 25.7 Å². The quantitative estimate of drug-likeness (QED) is 0.753.